The Morgan fingerprint density at radius 2 is 1.89 bits per heavy atom. The first-order chi connectivity index (χ1) is 13.3. The first-order valence-corrected chi connectivity index (χ1v) is 11.5. The fraction of sp³-hybridized carbons (Fsp3) is 0.875. The molecule has 0 aromatic heterocycles. The Morgan fingerprint density at radius 3 is 2.57 bits per heavy atom. The normalized spacial score (nSPS) is 46.3. The van der Waals surface area contributed by atoms with Gasteiger partial charge in [-0.05, 0) is 92.3 Å². The van der Waals surface area contributed by atoms with Gasteiger partial charge < -0.3 is 15.5 Å². The second-order valence-corrected chi connectivity index (χ2v) is 10.8. The van der Waals surface area contributed by atoms with E-state index in [1.807, 2.05) is 0 Å². The van der Waals surface area contributed by atoms with E-state index < -0.39 is 0 Å². The summed E-state index contributed by atoms with van der Waals surface area (Å²) in [6, 6.07) is 0. The van der Waals surface area contributed by atoms with Crippen LogP contribution in [0.15, 0.2) is 12.2 Å². The summed E-state index contributed by atoms with van der Waals surface area (Å²) < 4.78 is 0. The SMILES string of the molecule is C=C1CC[C@H]2[C@H](CNC(=O)C3CC3)[C@@H]([C@@]3(C)CC[C@H](O)C[C@@H]3CO)CC[C@]12C. The summed E-state index contributed by atoms with van der Waals surface area (Å²) in [4.78, 5) is 12.4. The van der Waals surface area contributed by atoms with E-state index in [9.17, 15) is 15.0 Å². The molecule has 0 spiro atoms. The number of fused-ring (bicyclic) bond motifs is 1. The molecule has 0 heterocycles. The summed E-state index contributed by atoms with van der Waals surface area (Å²) in [6.45, 7) is 10.1. The van der Waals surface area contributed by atoms with Crippen molar-refractivity contribution in [3.63, 3.8) is 0 Å². The molecule has 4 aliphatic rings. The zero-order valence-electron chi connectivity index (χ0n) is 17.8. The van der Waals surface area contributed by atoms with Crippen LogP contribution >= 0.6 is 0 Å². The first-order valence-electron chi connectivity index (χ1n) is 11.5. The van der Waals surface area contributed by atoms with Gasteiger partial charge in [-0.25, -0.2) is 0 Å². The lowest BCUT2D eigenvalue weighted by atomic mass is 9.49. The van der Waals surface area contributed by atoms with Gasteiger partial charge >= 0.3 is 0 Å². The lowest BCUT2D eigenvalue weighted by Crippen LogP contribution is -2.53. The number of carbonyl (C=O) groups excluding carboxylic acids is 1. The van der Waals surface area contributed by atoms with Crippen LogP contribution in [0.1, 0.15) is 71.6 Å². The number of rotatable bonds is 5. The van der Waals surface area contributed by atoms with Gasteiger partial charge in [-0.2, -0.15) is 0 Å². The highest BCUT2D eigenvalue weighted by molar-refractivity contribution is 5.80. The topological polar surface area (TPSA) is 69.6 Å². The number of aliphatic hydroxyl groups excluding tert-OH is 2. The highest BCUT2D eigenvalue weighted by Gasteiger charge is 2.56. The maximum absolute atomic E-state index is 12.4. The summed E-state index contributed by atoms with van der Waals surface area (Å²) in [5.74, 6) is 2.14. The molecular formula is C24H39NO3. The Balaban J connectivity index is 1.60. The Hall–Kier alpha value is -0.870. The third-order valence-electron chi connectivity index (χ3n) is 9.42. The average Bonchev–Trinajstić information content (AvgIpc) is 3.47. The summed E-state index contributed by atoms with van der Waals surface area (Å²) in [7, 11) is 0. The predicted molar refractivity (Wildman–Crippen MR) is 110 cm³/mol. The molecule has 0 unspecified atom stereocenters. The molecule has 4 rings (SSSR count). The molecule has 28 heavy (non-hydrogen) atoms. The molecule has 4 saturated carbocycles. The molecule has 158 valence electrons. The van der Waals surface area contributed by atoms with Gasteiger partial charge in [0.2, 0.25) is 5.91 Å². The number of carbonyl (C=O) groups is 1. The first kappa shape index (κ1) is 20.4. The van der Waals surface area contributed by atoms with Crippen LogP contribution in [0.5, 0.6) is 0 Å². The van der Waals surface area contributed by atoms with Gasteiger partial charge in [0, 0.05) is 19.1 Å². The van der Waals surface area contributed by atoms with Crippen molar-refractivity contribution < 1.29 is 15.0 Å². The smallest absolute Gasteiger partial charge is 0.223 e. The molecule has 1 amide bonds. The van der Waals surface area contributed by atoms with Crippen molar-refractivity contribution in [3.8, 4) is 0 Å². The van der Waals surface area contributed by atoms with E-state index in [1.54, 1.807) is 0 Å². The molecule has 4 heteroatoms. The van der Waals surface area contributed by atoms with Gasteiger partial charge in [0.1, 0.15) is 0 Å². The van der Waals surface area contributed by atoms with E-state index in [4.69, 9.17) is 0 Å². The number of nitrogens with one attached hydrogen (secondary N) is 1. The third-order valence-corrected chi connectivity index (χ3v) is 9.42. The second-order valence-electron chi connectivity index (χ2n) is 10.8. The van der Waals surface area contributed by atoms with Gasteiger partial charge in [-0.3, -0.25) is 4.79 Å². The maximum atomic E-state index is 12.4. The Kier molecular flexibility index (Phi) is 5.41. The van der Waals surface area contributed by atoms with Crippen molar-refractivity contribution in [2.75, 3.05) is 13.2 Å². The molecule has 7 atom stereocenters. The minimum Gasteiger partial charge on any atom is -0.396 e. The van der Waals surface area contributed by atoms with Crippen LogP contribution in [-0.4, -0.2) is 35.4 Å². The van der Waals surface area contributed by atoms with Crippen molar-refractivity contribution >= 4 is 5.91 Å². The van der Waals surface area contributed by atoms with E-state index >= 15 is 0 Å². The van der Waals surface area contributed by atoms with Crippen LogP contribution in [0.3, 0.4) is 0 Å². The van der Waals surface area contributed by atoms with Gasteiger partial charge in [-0.1, -0.05) is 26.0 Å². The van der Waals surface area contributed by atoms with Crippen molar-refractivity contribution in [3.05, 3.63) is 12.2 Å². The fourth-order valence-corrected chi connectivity index (χ4v) is 7.17. The molecule has 4 fully saturated rings. The molecule has 0 aromatic rings. The van der Waals surface area contributed by atoms with Crippen LogP contribution in [0.25, 0.3) is 0 Å². The van der Waals surface area contributed by atoms with Gasteiger partial charge in [-0.15, -0.1) is 0 Å². The lowest BCUT2D eigenvalue weighted by molar-refractivity contribution is -0.124. The standard InChI is InChI=1S/C24H39NO3/c1-15-4-7-20-19(13-25-22(28)16-5-6-16)21(9-11-23(15,20)2)24(3)10-8-18(27)12-17(24)14-26/h16-21,26-27H,1,4-14H2,2-3H3,(H,25,28)/t17-,18+,19+,20+,21+,23-,24+/m1/s1. The highest BCUT2D eigenvalue weighted by Crippen LogP contribution is 2.63. The van der Waals surface area contributed by atoms with Crippen molar-refractivity contribution in [2.24, 2.45) is 40.4 Å². The summed E-state index contributed by atoms with van der Waals surface area (Å²) in [5, 5.41) is 23.6. The summed E-state index contributed by atoms with van der Waals surface area (Å²) in [6.07, 6.45) is 8.92. The predicted octanol–water partition coefficient (Wildman–Crippen LogP) is 3.67. The van der Waals surface area contributed by atoms with Crippen LogP contribution < -0.4 is 5.32 Å². The number of allylic oxidation sites excluding steroid dienone is 1. The minimum atomic E-state index is -0.279. The van der Waals surface area contributed by atoms with Crippen LogP contribution in [-0.2, 0) is 4.79 Å². The quantitative estimate of drug-likeness (QED) is 0.628. The number of amides is 1. The van der Waals surface area contributed by atoms with E-state index in [-0.39, 0.29) is 41.3 Å². The third kappa shape index (κ3) is 3.35. The Bertz CT molecular complexity index is 629. The summed E-state index contributed by atoms with van der Waals surface area (Å²) >= 11 is 0. The molecule has 0 radical (unpaired) electrons. The van der Waals surface area contributed by atoms with Crippen LogP contribution in [0, 0.1) is 40.4 Å². The number of hydrogen-bond acceptors (Lipinski definition) is 3. The van der Waals surface area contributed by atoms with Crippen LogP contribution in [0.4, 0.5) is 0 Å². The number of aliphatic hydroxyl groups is 2. The zero-order valence-corrected chi connectivity index (χ0v) is 17.8. The van der Waals surface area contributed by atoms with E-state index in [2.05, 4.69) is 25.7 Å². The molecular weight excluding hydrogens is 350 g/mol. The molecule has 0 aliphatic heterocycles. The van der Waals surface area contributed by atoms with Crippen molar-refractivity contribution in [1.82, 2.24) is 5.32 Å². The highest BCUT2D eigenvalue weighted by atomic mass is 16.3. The van der Waals surface area contributed by atoms with Gasteiger partial charge in [0.15, 0.2) is 0 Å². The van der Waals surface area contributed by atoms with Gasteiger partial charge in [0.25, 0.3) is 0 Å². The largest absolute Gasteiger partial charge is 0.396 e. The van der Waals surface area contributed by atoms with Gasteiger partial charge in [0.05, 0.1) is 6.10 Å². The second kappa shape index (κ2) is 7.43. The molecule has 0 bridgehead atoms. The van der Waals surface area contributed by atoms with Crippen molar-refractivity contribution in [1.29, 1.82) is 0 Å². The summed E-state index contributed by atoms with van der Waals surface area (Å²) in [5.41, 5.74) is 1.64. The monoisotopic (exact) mass is 389 g/mol. The minimum absolute atomic E-state index is 0.0359. The molecule has 3 N–H and O–H groups in total. The molecule has 4 nitrogen and oxygen atoms in total. The Morgan fingerprint density at radius 1 is 1.14 bits per heavy atom. The molecule has 0 aromatic carbocycles. The van der Waals surface area contributed by atoms with E-state index in [0.29, 0.717) is 24.2 Å². The van der Waals surface area contributed by atoms with Crippen LogP contribution in [0.2, 0.25) is 0 Å². The van der Waals surface area contributed by atoms with Crippen molar-refractivity contribution in [2.45, 2.75) is 77.7 Å². The average molecular weight is 390 g/mol. The molecule has 0 saturated heterocycles. The fourth-order valence-electron chi connectivity index (χ4n) is 7.17. The van der Waals surface area contributed by atoms with E-state index in [0.717, 1.165) is 45.1 Å². The number of hydrogen-bond donors (Lipinski definition) is 3. The molecule has 4 aliphatic carbocycles. The lowest BCUT2D eigenvalue weighted by Gasteiger charge is -2.56. The Labute approximate surface area is 170 Å². The van der Waals surface area contributed by atoms with E-state index in [1.165, 1.54) is 18.4 Å². The maximum Gasteiger partial charge on any atom is 0.223 e. The zero-order chi connectivity index (χ0) is 20.1.